The Morgan fingerprint density at radius 2 is 1.18 bits per heavy atom. The summed E-state index contributed by atoms with van der Waals surface area (Å²) in [6.07, 6.45) is 9.46. The fourth-order valence-electron chi connectivity index (χ4n) is 3.55. The van der Waals surface area contributed by atoms with Gasteiger partial charge in [0.2, 0.25) is 0 Å². The maximum absolute atomic E-state index is 12.3. The van der Waals surface area contributed by atoms with E-state index in [0.717, 1.165) is 48.3 Å². The third kappa shape index (κ3) is 5.34. The van der Waals surface area contributed by atoms with Gasteiger partial charge >= 0.3 is 11.9 Å². The molecule has 0 atom stereocenters. The van der Waals surface area contributed by atoms with Gasteiger partial charge in [-0.15, -0.1) is 0 Å². The topological polar surface area (TPSA) is 52.6 Å². The van der Waals surface area contributed by atoms with Crippen molar-refractivity contribution in [3.63, 3.8) is 0 Å². The summed E-state index contributed by atoms with van der Waals surface area (Å²) in [7, 11) is 0. The van der Waals surface area contributed by atoms with Gasteiger partial charge in [-0.3, -0.25) is 0 Å². The maximum atomic E-state index is 12.3. The van der Waals surface area contributed by atoms with Crippen molar-refractivity contribution in [3.05, 3.63) is 47.5 Å². The molecule has 0 aliphatic heterocycles. The predicted octanol–water partition coefficient (Wildman–Crippen LogP) is 5.53. The SMILES string of the molecule is O=C(OCCCC1CC1)c1ccc2ccc(C(=O)OCCCC3CC3)cc2c1. The first-order chi connectivity index (χ1) is 13.7. The summed E-state index contributed by atoms with van der Waals surface area (Å²) in [5, 5.41) is 1.83. The lowest BCUT2D eigenvalue weighted by Gasteiger charge is -2.08. The Morgan fingerprint density at radius 3 is 1.61 bits per heavy atom. The van der Waals surface area contributed by atoms with Crippen molar-refractivity contribution in [2.24, 2.45) is 11.8 Å². The van der Waals surface area contributed by atoms with E-state index in [1.54, 1.807) is 24.3 Å². The van der Waals surface area contributed by atoms with Gasteiger partial charge in [0.25, 0.3) is 0 Å². The lowest BCUT2D eigenvalue weighted by molar-refractivity contribution is 0.0488. The van der Waals surface area contributed by atoms with Crippen LogP contribution in [0.5, 0.6) is 0 Å². The minimum absolute atomic E-state index is 0.300. The molecule has 4 heteroatoms. The number of fused-ring (bicyclic) bond motifs is 1. The Labute approximate surface area is 166 Å². The van der Waals surface area contributed by atoms with Crippen LogP contribution in [0.25, 0.3) is 10.8 Å². The molecule has 0 spiro atoms. The van der Waals surface area contributed by atoms with Gasteiger partial charge in [0.15, 0.2) is 0 Å². The number of benzene rings is 2. The fourth-order valence-corrected chi connectivity index (χ4v) is 3.55. The molecule has 0 amide bonds. The van der Waals surface area contributed by atoms with Crippen LogP contribution in [0.3, 0.4) is 0 Å². The lowest BCUT2D eigenvalue weighted by atomic mass is 10.0. The number of carbonyl (C=O) groups is 2. The monoisotopic (exact) mass is 380 g/mol. The smallest absolute Gasteiger partial charge is 0.338 e. The summed E-state index contributed by atoms with van der Waals surface area (Å²) in [4.78, 5) is 24.6. The second-order valence-electron chi connectivity index (χ2n) is 8.22. The molecule has 0 aromatic heterocycles. The molecule has 0 heterocycles. The highest BCUT2D eigenvalue weighted by Crippen LogP contribution is 2.34. The maximum Gasteiger partial charge on any atom is 0.338 e. The van der Waals surface area contributed by atoms with Crippen LogP contribution in [0.2, 0.25) is 0 Å². The summed E-state index contributed by atoms with van der Waals surface area (Å²) in [5.41, 5.74) is 1.04. The second kappa shape index (κ2) is 8.76. The number of hydrogen-bond donors (Lipinski definition) is 0. The minimum atomic E-state index is -0.300. The van der Waals surface area contributed by atoms with E-state index in [-0.39, 0.29) is 11.9 Å². The van der Waals surface area contributed by atoms with Gasteiger partial charge in [-0.05, 0) is 72.6 Å². The van der Waals surface area contributed by atoms with E-state index in [1.807, 2.05) is 12.1 Å². The summed E-state index contributed by atoms with van der Waals surface area (Å²) in [6.45, 7) is 0.946. The first-order valence-electron chi connectivity index (χ1n) is 10.6. The van der Waals surface area contributed by atoms with E-state index in [2.05, 4.69) is 0 Å². The van der Waals surface area contributed by atoms with Crippen molar-refractivity contribution in [1.82, 2.24) is 0 Å². The number of hydrogen-bond acceptors (Lipinski definition) is 4. The van der Waals surface area contributed by atoms with E-state index >= 15 is 0 Å². The number of rotatable bonds is 10. The average Bonchev–Trinajstić information content (AvgIpc) is 3.62. The van der Waals surface area contributed by atoms with Crippen LogP contribution in [0, 0.1) is 11.8 Å². The van der Waals surface area contributed by atoms with E-state index in [4.69, 9.17) is 9.47 Å². The zero-order valence-corrected chi connectivity index (χ0v) is 16.3. The van der Waals surface area contributed by atoms with Gasteiger partial charge in [0, 0.05) is 0 Å². The highest BCUT2D eigenvalue weighted by Gasteiger charge is 2.21. The Hall–Kier alpha value is -2.36. The van der Waals surface area contributed by atoms with Crippen molar-refractivity contribution in [2.75, 3.05) is 13.2 Å². The molecule has 4 nitrogen and oxygen atoms in total. The first kappa shape index (κ1) is 19.0. The van der Waals surface area contributed by atoms with Gasteiger partial charge in [-0.2, -0.15) is 0 Å². The van der Waals surface area contributed by atoms with Crippen LogP contribution in [0.1, 0.15) is 72.1 Å². The third-order valence-corrected chi connectivity index (χ3v) is 5.69. The van der Waals surface area contributed by atoms with Crippen LogP contribution in [0.15, 0.2) is 36.4 Å². The van der Waals surface area contributed by atoms with Gasteiger partial charge in [0.05, 0.1) is 24.3 Å². The summed E-state index contributed by atoms with van der Waals surface area (Å²) in [6, 6.07) is 10.9. The normalized spacial score (nSPS) is 16.1. The third-order valence-electron chi connectivity index (χ3n) is 5.69. The molecule has 0 bridgehead atoms. The summed E-state index contributed by atoms with van der Waals surface area (Å²) >= 11 is 0. The molecule has 2 aromatic carbocycles. The van der Waals surface area contributed by atoms with Crippen LogP contribution in [-0.2, 0) is 9.47 Å². The minimum Gasteiger partial charge on any atom is -0.462 e. The van der Waals surface area contributed by atoms with Gasteiger partial charge in [-0.1, -0.05) is 37.8 Å². The average molecular weight is 380 g/mol. The van der Waals surface area contributed by atoms with Gasteiger partial charge < -0.3 is 9.47 Å². The molecular formula is C24H28O4. The lowest BCUT2D eigenvalue weighted by Crippen LogP contribution is -2.07. The zero-order chi connectivity index (χ0) is 19.3. The number of ether oxygens (including phenoxy) is 2. The molecule has 0 radical (unpaired) electrons. The molecule has 28 heavy (non-hydrogen) atoms. The van der Waals surface area contributed by atoms with Gasteiger partial charge in [0.1, 0.15) is 0 Å². The zero-order valence-electron chi connectivity index (χ0n) is 16.3. The molecule has 2 aliphatic carbocycles. The highest BCUT2D eigenvalue weighted by atomic mass is 16.5. The van der Waals surface area contributed by atoms with Crippen LogP contribution in [0.4, 0.5) is 0 Å². The van der Waals surface area contributed by atoms with Crippen molar-refractivity contribution in [3.8, 4) is 0 Å². The van der Waals surface area contributed by atoms with Crippen molar-refractivity contribution in [1.29, 1.82) is 0 Å². The van der Waals surface area contributed by atoms with E-state index < -0.39 is 0 Å². The Kier molecular flexibility index (Phi) is 5.94. The molecule has 0 N–H and O–H groups in total. The quantitative estimate of drug-likeness (QED) is 0.401. The van der Waals surface area contributed by atoms with Crippen molar-refractivity contribution in [2.45, 2.75) is 51.4 Å². The largest absolute Gasteiger partial charge is 0.462 e. The van der Waals surface area contributed by atoms with Crippen LogP contribution in [-0.4, -0.2) is 25.2 Å². The van der Waals surface area contributed by atoms with E-state index in [1.165, 1.54) is 25.7 Å². The summed E-state index contributed by atoms with van der Waals surface area (Å²) < 4.78 is 10.8. The standard InChI is InChI=1S/C24H28O4/c25-23(27-13-1-3-17-5-6-17)20-11-9-19-10-12-21(16-22(19)15-20)24(26)28-14-2-4-18-7-8-18/h9-12,15-18H,1-8,13-14H2. The molecule has 2 fully saturated rings. The molecule has 0 unspecified atom stereocenters. The Morgan fingerprint density at radius 1 is 0.714 bits per heavy atom. The summed E-state index contributed by atoms with van der Waals surface area (Å²) in [5.74, 6) is 1.11. The van der Waals surface area contributed by atoms with Gasteiger partial charge in [-0.25, -0.2) is 9.59 Å². The Balaban J connectivity index is 1.33. The van der Waals surface area contributed by atoms with E-state index in [9.17, 15) is 9.59 Å². The number of carbonyl (C=O) groups excluding carboxylic acids is 2. The second-order valence-corrected chi connectivity index (χ2v) is 8.22. The fraction of sp³-hybridized carbons (Fsp3) is 0.500. The highest BCUT2D eigenvalue weighted by molar-refractivity contribution is 5.99. The van der Waals surface area contributed by atoms with E-state index in [0.29, 0.717) is 24.3 Å². The molecule has 2 saturated carbocycles. The van der Waals surface area contributed by atoms with Crippen molar-refractivity contribution >= 4 is 22.7 Å². The van der Waals surface area contributed by atoms with Crippen molar-refractivity contribution < 1.29 is 19.1 Å². The first-order valence-corrected chi connectivity index (χ1v) is 10.6. The Bertz CT molecular complexity index is 782. The van der Waals surface area contributed by atoms with Crippen LogP contribution >= 0.6 is 0 Å². The molecular weight excluding hydrogens is 352 g/mol. The van der Waals surface area contributed by atoms with Crippen LogP contribution < -0.4 is 0 Å². The predicted molar refractivity (Wildman–Crippen MR) is 108 cm³/mol. The number of esters is 2. The molecule has 2 aliphatic rings. The molecule has 4 rings (SSSR count). The molecule has 2 aromatic rings. The molecule has 148 valence electrons. The molecule has 0 saturated heterocycles.